The average molecular weight is 293 g/mol. The van der Waals surface area contributed by atoms with Crippen molar-refractivity contribution in [2.75, 3.05) is 13.7 Å². The Kier molecular flexibility index (Phi) is 3.99. The molecule has 1 amide bonds. The van der Waals surface area contributed by atoms with Crippen LogP contribution in [-0.4, -0.2) is 42.0 Å². The molecule has 0 radical (unpaired) electrons. The monoisotopic (exact) mass is 293 g/mol. The number of fused-ring (bicyclic) bond motifs is 1. The molecule has 3 rings (SSSR count). The first kappa shape index (κ1) is 14.5. The average Bonchev–Trinajstić information content (AvgIpc) is 2.80. The van der Waals surface area contributed by atoms with E-state index in [1.54, 1.807) is 7.11 Å². The Morgan fingerprint density at radius 2 is 2.24 bits per heavy atom. The van der Waals surface area contributed by atoms with Gasteiger partial charge >= 0.3 is 0 Å². The lowest BCUT2D eigenvalue weighted by Crippen LogP contribution is -2.45. The maximum absolute atomic E-state index is 12.4. The predicted molar refractivity (Wildman–Crippen MR) is 77.1 cm³/mol. The molecule has 21 heavy (non-hydrogen) atoms. The molecule has 0 spiro atoms. The highest BCUT2D eigenvalue weighted by molar-refractivity contribution is 5.94. The van der Waals surface area contributed by atoms with Crippen LogP contribution in [0.25, 0.3) is 0 Å². The quantitative estimate of drug-likeness (QED) is 0.884. The van der Waals surface area contributed by atoms with Gasteiger partial charge in [-0.15, -0.1) is 0 Å². The van der Waals surface area contributed by atoms with Crippen molar-refractivity contribution in [3.05, 3.63) is 17.0 Å². The summed E-state index contributed by atoms with van der Waals surface area (Å²) in [7, 11) is 1.71. The van der Waals surface area contributed by atoms with Crippen LogP contribution in [0.4, 0.5) is 0 Å². The van der Waals surface area contributed by atoms with E-state index in [9.17, 15) is 4.79 Å². The number of carbonyl (C=O) groups excluding carboxylic acids is 1. The Hall–Kier alpha value is -1.40. The van der Waals surface area contributed by atoms with Crippen LogP contribution in [0.15, 0.2) is 0 Å². The van der Waals surface area contributed by atoms with Crippen LogP contribution in [0.5, 0.6) is 0 Å². The number of carbonyl (C=O) groups is 1. The highest BCUT2D eigenvalue weighted by Crippen LogP contribution is 2.31. The number of aromatic amines is 1. The van der Waals surface area contributed by atoms with Gasteiger partial charge in [-0.05, 0) is 32.6 Å². The summed E-state index contributed by atoms with van der Waals surface area (Å²) < 4.78 is 10.9. The van der Waals surface area contributed by atoms with Gasteiger partial charge in [0.15, 0.2) is 5.69 Å². The molecule has 2 aliphatic rings. The van der Waals surface area contributed by atoms with Crippen molar-refractivity contribution < 1.29 is 14.3 Å². The van der Waals surface area contributed by atoms with E-state index in [4.69, 9.17) is 9.47 Å². The van der Waals surface area contributed by atoms with Gasteiger partial charge in [-0.2, -0.15) is 5.10 Å². The van der Waals surface area contributed by atoms with Crippen LogP contribution in [0.1, 0.15) is 54.5 Å². The standard InChI is InChI=1S/C15H23N3O3/c1-8-4-12-13(9(2)21-8)17-18-14(12)15(19)16-11-5-10(6-11)7-20-3/h8-11H,4-7H2,1-3H3,(H,16,19)(H,17,18)/t8-,9+,10?,11?/m0/s1. The van der Waals surface area contributed by atoms with E-state index >= 15 is 0 Å². The Morgan fingerprint density at radius 1 is 1.48 bits per heavy atom. The zero-order valence-corrected chi connectivity index (χ0v) is 12.8. The summed E-state index contributed by atoms with van der Waals surface area (Å²) in [4.78, 5) is 12.4. The first-order valence-electron chi connectivity index (χ1n) is 7.60. The van der Waals surface area contributed by atoms with Crippen molar-refractivity contribution >= 4 is 5.91 Å². The van der Waals surface area contributed by atoms with E-state index in [1.807, 2.05) is 13.8 Å². The van der Waals surface area contributed by atoms with Gasteiger partial charge in [0.25, 0.3) is 5.91 Å². The van der Waals surface area contributed by atoms with Crippen LogP contribution < -0.4 is 5.32 Å². The summed E-state index contributed by atoms with van der Waals surface area (Å²) in [5.41, 5.74) is 2.47. The largest absolute Gasteiger partial charge is 0.384 e. The van der Waals surface area contributed by atoms with Crippen molar-refractivity contribution in [2.24, 2.45) is 5.92 Å². The van der Waals surface area contributed by atoms with Gasteiger partial charge in [-0.3, -0.25) is 9.89 Å². The number of hydrogen-bond donors (Lipinski definition) is 2. The lowest BCUT2D eigenvalue weighted by molar-refractivity contribution is -0.00698. The fourth-order valence-corrected chi connectivity index (χ4v) is 3.34. The van der Waals surface area contributed by atoms with Gasteiger partial charge < -0.3 is 14.8 Å². The summed E-state index contributed by atoms with van der Waals surface area (Å²) >= 11 is 0. The van der Waals surface area contributed by atoms with Crippen LogP contribution in [0, 0.1) is 5.92 Å². The maximum Gasteiger partial charge on any atom is 0.272 e. The summed E-state index contributed by atoms with van der Waals surface area (Å²) in [6, 6.07) is 0.250. The molecule has 0 unspecified atom stereocenters. The second-order valence-corrected chi connectivity index (χ2v) is 6.22. The van der Waals surface area contributed by atoms with Crippen LogP contribution in [0.3, 0.4) is 0 Å². The molecule has 1 aliphatic carbocycles. The second-order valence-electron chi connectivity index (χ2n) is 6.22. The van der Waals surface area contributed by atoms with E-state index in [0.29, 0.717) is 11.6 Å². The Balaban J connectivity index is 1.64. The number of nitrogens with zero attached hydrogens (tertiary/aromatic N) is 1. The predicted octanol–water partition coefficient (Wildman–Crippen LogP) is 1.59. The smallest absolute Gasteiger partial charge is 0.272 e. The number of methoxy groups -OCH3 is 1. The van der Waals surface area contributed by atoms with Gasteiger partial charge in [-0.25, -0.2) is 0 Å². The SMILES string of the molecule is COCC1CC(NC(=O)c2n[nH]c3c2C[C@H](C)O[C@@H]3C)C1. The molecule has 0 bridgehead atoms. The molecule has 6 nitrogen and oxygen atoms in total. The molecule has 6 heteroatoms. The van der Waals surface area contributed by atoms with Crippen molar-refractivity contribution in [2.45, 2.75) is 51.4 Å². The first-order valence-corrected chi connectivity index (χ1v) is 7.60. The van der Waals surface area contributed by atoms with Crippen molar-refractivity contribution in [1.82, 2.24) is 15.5 Å². The molecule has 1 aliphatic heterocycles. The molecule has 2 heterocycles. The number of hydrogen-bond acceptors (Lipinski definition) is 4. The molecular weight excluding hydrogens is 270 g/mol. The second kappa shape index (κ2) is 5.77. The number of H-pyrrole nitrogens is 1. The van der Waals surface area contributed by atoms with Gasteiger partial charge in [0.1, 0.15) is 0 Å². The molecule has 1 aromatic rings. The highest BCUT2D eigenvalue weighted by Gasteiger charge is 2.33. The Morgan fingerprint density at radius 3 is 2.95 bits per heavy atom. The number of aromatic nitrogens is 2. The van der Waals surface area contributed by atoms with E-state index in [2.05, 4.69) is 15.5 Å². The third-order valence-corrected chi connectivity index (χ3v) is 4.42. The maximum atomic E-state index is 12.4. The molecule has 0 saturated heterocycles. The Bertz CT molecular complexity index is 522. The van der Waals surface area contributed by atoms with Crippen LogP contribution in [-0.2, 0) is 15.9 Å². The van der Waals surface area contributed by atoms with E-state index < -0.39 is 0 Å². The topological polar surface area (TPSA) is 76.2 Å². The third-order valence-electron chi connectivity index (χ3n) is 4.42. The molecule has 1 aromatic heterocycles. The number of nitrogens with one attached hydrogen (secondary N) is 2. The van der Waals surface area contributed by atoms with E-state index in [0.717, 1.165) is 37.1 Å². The van der Waals surface area contributed by atoms with Crippen molar-refractivity contribution in [3.63, 3.8) is 0 Å². The molecule has 2 atom stereocenters. The van der Waals surface area contributed by atoms with E-state index in [1.165, 1.54) is 0 Å². The van der Waals surface area contributed by atoms with Gasteiger partial charge in [0, 0.05) is 31.7 Å². The summed E-state index contributed by atoms with van der Waals surface area (Å²) in [5.74, 6) is 0.497. The molecule has 1 fully saturated rings. The van der Waals surface area contributed by atoms with Gasteiger partial charge in [0.05, 0.1) is 17.9 Å². The molecule has 116 valence electrons. The molecule has 0 aromatic carbocycles. The number of ether oxygens (including phenoxy) is 2. The van der Waals surface area contributed by atoms with Gasteiger partial charge in [-0.1, -0.05) is 0 Å². The van der Waals surface area contributed by atoms with Crippen molar-refractivity contribution in [1.29, 1.82) is 0 Å². The molecule has 2 N–H and O–H groups in total. The zero-order chi connectivity index (χ0) is 15.0. The lowest BCUT2D eigenvalue weighted by Gasteiger charge is -2.35. The number of amides is 1. The molecule has 1 saturated carbocycles. The summed E-state index contributed by atoms with van der Waals surface area (Å²) in [6.45, 7) is 4.78. The summed E-state index contributed by atoms with van der Waals surface area (Å²) in [5, 5.41) is 10.2. The normalized spacial score (nSPS) is 31.4. The van der Waals surface area contributed by atoms with Crippen LogP contribution >= 0.6 is 0 Å². The fraction of sp³-hybridized carbons (Fsp3) is 0.733. The molecular formula is C15H23N3O3. The summed E-state index contributed by atoms with van der Waals surface area (Å²) in [6.07, 6.45) is 2.79. The third kappa shape index (κ3) is 2.82. The van der Waals surface area contributed by atoms with Gasteiger partial charge in [0.2, 0.25) is 0 Å². The number of rotatable bonds is 4. The van der Waals surface area contributed by atoms with Crippen molar-refractivity contribution in [3.8, 4) is 0 Å². The van der Waals surface area contributed by atoms with Crippen LogP contribution in [0.2, 0.25) is 0 Å². The zero-order valence-electron chi connectivity index (χ0n) is 12.8. The minimum absolute atomic E-state index is 0.0346. The first-order chi connectivity index (χ1) is 10.1. The highest BCUT2D eigenvalue weighted by atomic mass is 16.5. The minimum atomic E-state index is -0.0744. The minimum Gasteiger partial charge on any atom is -0.384 e. The fourth-order valence-electron chi connectivity index (χ4n) is 3.34. The van der Waals surface area contributed by atoms with E-state index in [-0.39, 0.29) is 24.2 Å². The lowest BCUT2D eigenvalue weighted by atomic mass is 9.81. The Labute approximate surface area is 124 Å².